The first-order valence-corrected chi connectivity index (χ1v) is 5.79. The topological polar surface area (TPSA) is 46.2 Å². The molecule has 3 nitrogen and oxygen atoms in total. The van der Waals surface area contributed by atoms with Gasteiger partial charge in [0.25, 0.3) is 5.91 Å². The summed E-state index contributed by atoms with van der Waals surface area (Å²) in [5.74, 6) is -1.36. The van der Waals surface area contributed by atoms with Crippen LogP contribution in [0.1, 0.15) is 25.7 Å². The number of Topliss-reactive ketones (excluding diaryl/α,β-unsaturated/α-hetero) is 1. The molecule has 1 aliphatic rings. The first kappa shape index (κ1) is 12.5. The number of hydrogen-bond acceptors (Lipinski definition) is 2. The molecular formula is C9H12BrF2NO2. The average molecular weight is 284 g/mol. The van der Waals surface area contributed by atoms with Crippen molar-refractivity contribution < 1.29 is 18.4 Å². The van der Waals surface area contributed by atoms with Crippen LogP contribution in [0.3, 0.4) is 0 Å². The third-order valence-corrected chi connectivity index (χ3v) is 3.21. The van der Waals surface area contributed by atoms with E-state index in [0.717, 1.165) is 6.42 Å². The highest BCUT2D eigenvalue weighted by Crippen LogP contribution is 2.35. The maximum Gasteiger partial charge on any atom is 0.315 e. The second-order valence-electron chi connectivity index (χ2n) is 3.77. The summed E-state index contributed by atoms with van der Waals surface area (Å²) in [6.45, 7) is 0. The van der Waals surface area contributed by atoms with Crippen LogP contribution in [0.15, 0.2) is 0 Å². The van der Waals surface area contributed by atoms with Crippen molar-refractivity contribution in [2.75, 3.05) is 5.33 Å². The zero-order chi connectivity index (χ0) is 11.5. The van der Waals surface area contributed by atoms with E-state index in [1.807, 2.05) is 0 Å². The normalized spacial score (nSPS) is 18.4. The van der Waals surface area contributed by atoms with E-state index in [4.69, 9.17) is 0 Å². The van der Waals surface area contributed by atoms with Gasteiger partial charge in [0.05, 0.1) is 5.33 Å². The smallest absolute Gasteiger partial charge is 0.315 e. The molecule has 0 aromatic heterocycles. The lowest BCUT2D eigenvalue weighted by Gasteiger charge is -2.42. The first-order chi connectivity index (χ1) is 6.99. The minimum Gasteiger partial charge on any atom is -0.345 e. The van der Waals surface area contributed by atoms with Crippen LogP contribution in [0.4, 0.5) is 8.78 Å². The molecule has 1 rings (SSSR count). The lowest BCUT2D eigenvalue weighted by atomic mass is 9.73. The number of rotatable bonds is 5. The molecule has 0 aromatic carbocycles. The highest BCUT2D eigenvalue weighted by Gasteiger charge is 2.41. The molecule has 1 aliphatic carbocycles. The van der Waals surface area contributed by atoms with Gasteiger partial charge in [0.1, 0.15) is 5.78 Å². The number of halogens is 3. The number of hydrogen-bond donors (Lipinski definition) is 1. The molecule has 0 heterocycles. The summed E-state index contributed by atoms with van der Waals surface area (Å²) in [7, 11) is 0. The summed E-state index contributed by atoms with van der Waals surface area (Å²) in [4.78, 5) is 22.0. The van der Waals surface area contributed by atoms with Crippen molar-refractivity contribution in [3.05, 3.63) is 0 Å². The summed E-state index contributed by atoms with van der Waals surface area (Å²) in [6.07, 6.45) is -0.814. The van der Waals surface area contributed by atoms with Crippen LogP contribution < -0.4 is 5.32 Å². The molecule has 1 N–H and O–H groups in total. The number of alkyl halides is 3. The van der Waals surface area contributed by atoms with Gasteiger partial charge in [0, 0.05) is 12.0 Å². The van der Waals surface area contributed by atoms with E-state index in [2.05, 4.69) is 21.2 Å². The highest BCUT2D eigenvalue weighted by atomic mass is 79.9. The fourth-order valence-corrected chi connectivity index (χ4v) is 1.89. The van der Waals surface area contributed by atoms with Crippen molar-refractivity contribution in [3.8, 4) is 0 Å². The molecule has 6 heteroatoms. The van der Waals surface area contributed by atoms with E-state index in [0.29, 0.717) is 12.8 Å². The maximum absolute atomic E-state index is 12.0. The van der Waals surface area contributed by atoms with Gasteiger partial charge in [0.2, 0.25) is 0 Å². The summed E-state index contributed by atoms with van der Waals surface area (Å²) >= 11 is 3.01. The lowest BCUT2D eigenvalue weighted by Crippen LogP contribution is -2.56. The summed E-state index contributed by atoms with van der Waals surface area (Å²) < 4.78 is 24.1. The minimum atomic E-state index is -3.01. The quantitative estimate of drug-likeness (QED) is 0.780. The van der Waals surface area contributed by atoms with Crippen molar-refractivity contribution in [2.45, 2.75) is 37.6 Å². The van der Waals surface area contributed by atoms with Crippen molar-refractivity contribution in [2.24, 2.45) is 0 Å². The van der Waals surface area contributed by atoms with Crippen molar-refractivity contribution in [3.63, 3.8) is 0 Å². The monoisotopic (exact) mass is 283 g/mol. The summed E-state index contributed by atoms with van der Waals surface area (Å²) in [6, 6.07) is 0. The largest absolute Gasteiger partial charge is 0.345 e. The van der Waals surface area contributed by atoms with Gasteiger partial charge < -0.3 is 5.32 Å². The molecule has 0 bridgehead atoms. The second kappa shape index (κ2) is 5.01. The van der Waals surface area contributed by atoms with Crippen LogP contribution in [0, 0.1) is 0 Å². The lowest BCUT2D eigenvalue weighted by molar-refractivity contribution is -0.135. The zero-order valence-electron chi connectivity index (χ0n) is 8.06. The van der Waals surface area contributed by atoms with Crippen LogP contribution in [-0.2, 0) is 9.59 Å². The minimum absolute atomic E-state index is 0.0794. The van der Waals surface area contributed by atoms with Gasteiger partial charge in [-0.25, -0.2) is 0 Å². The van der Waals surface area contributed by atoms with E-state index in [1.54, 1.807) is 0 Å². The van der Waals surface area contributed by atoms with Crippen LogP contribution in [-0.4, -0.2) is 29.0 Å². The molecule has 0 spiro atoms. The first-order valence-electron chi connectivity index (χ1n) is 4.67. The Hall–Kier alpha value is -0.520. The number of ketones is 1. The summed E-state index contributed by atoms with van der Waals surface area (Å²) in [5, 5.41) is 2.46. The number of carbonyl (C=O) groups excluding carboxylic acids is 2. The van der Waals surface area contributed by atoms with Gasteiger partial charge in [-0.1, -0.05) is 15.9 Å². The van der Waals surface area contributed by atoms with E-state index < -0.39 is 17.9 Å². The molecule has 0 unspecified atom stereocenters. The van der Waals surface area contributed by atoms with E-state index in [-0.39, 0.29) is 17.5 Å². The van der Waals surface area contributed by atoms with Crippen LogP contribution >= 0.6 is 15.9 Å². The van der Waals surface area contributed by atoms with Gasteiger partial charge in [-0.3, -0.25) is 9.59 Å². The van der Waals surface area contributed by atoms with Gasteiger partial charge in [0.15, 0.2) is 0 Å². The Morgan fingerprint density at radius 2 is 2.00 bits per heavy atom. The SMILES string of the molecule is O=C(CBr)CC1(NC(=O)C(F)F)CCC1. The van der Waals surface area contributed by atoms with Gasteiger partial charge in [-0.05, 0) is 19.3 Å². The molecule has 1 amide bonds. The molecule has 0 radical (unpaired) electrons. The molecule has 0 atom stereocenters. The molecule has 0 aliphatic heterocycles. The van der Waals surface area contributed by atoms with Crippen LogP contribution in [0.5, 0.6) is 0 Å². The summed E-state index contributed by atoms with van der Waals surface area (Å²) in [5.41, 5.74) is -0.710. The Labute approximate surface area is 94.7 Å². The predicted octanol–water partition coefficient (Wildman–Crippen LogP) is 1.64. The number of nitrogens with one attached hydrogen (secondary N) is 1. The van der Waals surface area contributed by atoms with E-state index in [9.17, 15) is 18.4 Å². The molecule has 1 fully saturated rings. The van der Waals surface area contributed by atoms with Gasteiger partial charge in [-0.2, -0.15) is 8.78 Å². The maximum atomic E-state index is 12.0. The van der Waals surface area contributed by atoms with Crippen molar-refractivity contribution in [1.82, 2.24) is 5.32 Å². The Morgan fingerprint density at radius 3 is 2.33 bits per heavy atom. The molecule has 0 saturated heterocycles. The number of amides is 1. The van der Waals surface area contributed by atoms with Gasteiger partial charge in [-0.15, -0.1) is 0 Å². The molecule has 1 saturated carbocycles. The number of carbonyl (C=O) groups is 2. The zero-order valence-corrected chi connectivity index (χ0v) is 9.65. The van der Waals surface area contributed by atoms with Gasteiger partial charge >= 0.3 is 6.43 Å². The fourth-order valence-electron chi connectivity index (χ4n) is 1.69. The van der Waals surface area contributed by atoms with Crippen LogP contribution in [0.25, 0.3) is 0 Å². The van der Waals surface area contributed by atoms with Crippen molar-refractivity contribution >= 4 is 27.6 Å². The molecular weight excluding hydrogens is 272 g/mol. The van der Waals surface area contributed by atoms with E-state index in [1.165, 1.54) is 0 Å². The predicted molar refractivity (Wildman–Crippen MR) is 54.1 cm³/mol. The third-order valence-electron chi connectivity index (χ3n) is 2.58. The Morgan fingerprint density at radius 1 is 1.40 bits per heavy atom. The Balaban J connectivity index is 2.53. The second-order valence-corrected chi connectivity index (χ2v) is 4.33. The average Bonchev–Trinajstić information content (AvgIpc) is 2.13. The van der Waals surface area contributed by atoms with E-state index >= 15 is 0 Å². The molecule has 86 valence electrons. The fraction of sp³-hybridized carbons (Fsp3) is 0.778. The third kappa shape index (κ3) is 3.22. The van der Waals surface area contributed by atoms with Crippen molar-refractivity contribution in [1.29, 1.82) is 0 Å². The molecule has 0 aromatic rings. The standard InChI is InChI=1S/C9H12BrF2NO2/c10-5-6(14)4-9(2-1-3-9)13-8(15)7(11)12/h7H,1-5H2,(H,13,15). The molecule has 15 heavy (non-hydrogen) atoms. The Bertz CT molecular complexity index is 267. The highest BCUT2D eigenvalue weighted by molar-refractivity contribution is 9.09. The Kier molecular flexibility index (Phi) is 4.19. The van der Waals surface area contributed by atoms with Crippen LogP contribution in [0.2, 0.25) is 0 Å².